The molecule has 38 heavy (non-hydrogen) atoms. The van der Waals surface area contributed by atoms with Gasteiger partial charge < -0.3 is 9.97 Å². The minimum atomic E-state index is 0.905. The largest absolute Gasteiger partial charge is 0.332 e. The number of hydrogen-bond donors (Lipinski definition) is 2. The summed E-state index contributed by atoms with van der Waals surface area (Å²) >= 11 is 3.48. The topological polar surface area (TPSA) is 57.4 Å². The smallest absolute Gasteiger partial charge is 0.166 e. The van der Waals surface area contributed by atoms with E-state index >= 15 is 0 Å². The molecule has 0 fully saturated rings. The van der Waals surface area contributed by atoms with Gasteiger partial charge in [0.05, 0.1) is 22.8 Å². The average molecular weight is 531 g/mol. The van der Waals surface area contributed by atoms with Crippen molar-refractivity contribution in [2.24, 2.45) is 0 Å². The molecule has 6 heteroatoms. The van der Waals surface area contributed by atoms with E-state index in [0.717, 1.165) is 66.8 Å². The molecule has 0 spiro atoms. The molecular formula is C32H26N4S2. The molecule has 0 bridgehead atoms. The van der Waals surface area contributed by atoms with E-state index in [9.17, 15) is 0 Å². The van der Waals surface area contributed by atoms with Crippen LogP contribution in [0.4, 0.5) is 0 Å². The summed E-state index contributed by atoms with van der Waals surface area (Å²) in [6.45, 7) is 0. The molecule has 6 aromatic rings. The lowest BCUT2D eigenvalue weighted by Gasteiger charge is -2.02. The highest BCUT2D eigenvalue weighted by Crippen LogP contribution is 2.35. The van der Waals surface area contributed by atoms with E-state index in [1.54, 1.807) is 23.5 Å². The summed E-state index contributed by atoms with van der Waals surface area (Å²) < 4.78 is 0. The Morgan fingerprint density at radius 3 is 1.08 bits per heavy atom. The fourth-order valence-electron chi connectivity index (χ4n) is 4.35. The highest BCUT2D eigenvalue weighted by molar-refractivity contribution is 8.02. The molecule has 2 aromatic heterocycles. The van der Waals surface area contributed by atoms with Gasteiger partial charge in [-0.05, 0) is 0 Å². The number of rotatable bonds is 9. The van der Waals surface area contributed by atoms with E-state index in [2.05, 4.69) is 107 Å². The molecule has 2 heterocycles. The number of aromatic nitrogens is 4. The van der Waals surface area contributed by atoms with Crippen molar-refractivity contribution in [2.45, 2.75) is 10.3 Å². The van der Waals surface area contributed by atoms with Crippen LogP contribution in [0.2, 0.25) is 0 Å². The van der Waals surface area contributed by atoms with Crippen molar-refractivity contribution in [3.63, 3.8) is 0 Å². The van der Waals surface area contributed by atoms with E-state index in [-0.39, 0.29) is 0 Å². The molecule has 4 aromatic carbocycles. The van der Waals surface area contributed by atoms with Gasteiger partial charge in [0.1, 0.15) is 0 Å². The Balaban J connectivity index is 1.18. The van der Waals surface area contributed by atoms with Gasteiger partial charge in [0.2, 0.25) is 0 Å². The molecular weight excluding hydrogens is 505 g/mol. The molecule has 186 valence electrons. The lowest BCUT2D eigenvalue weighted by Crippen LogP contribution is -1.87. The van der Waals surface area contributed by atoms with Crippen LogP contribution in [0.25, 0.3) is 45.0 Å². The van der Waals surface area contributed by atoms with Crippen molar-refractivity contribution >= 4 is 23.5 Å². The van der Waals surface area contributed by atoms with Gasteiger partial charge in [-0.3, -0.25) is 0 Å². The van der Waals surface area contributed by atoms with E-state index in [0.29, 0.717) is 0 Å². The molecule has 0 saturated heterocycles. The highest BCUT2D eigenvalue weighted by Gasteiger charge is 2.16. The van der Waals surface area contributed by atoms with Crippen molar-refractivity contribution in [1.82, 2.24) is 19.9 Å². The first kappa shape index (κ1) is 24.3. The number of hydrogen-bond acceptors (Lipinski definition) is 4. The van der Waals surface area contributed by atoms with Gasteiger partial charge in [0.15, 0.2) is 10.3 Å². The van der Waals surface area contributed by atoms with Gasteiger partial charge >= 0.3 is 0 Å². The summed E-state index contributed by atoms with van der Waals surface area (Å²) in [4.78, 5) is 17.1. The van der Waals surface area contributed by atoms with Crippen LogP contribution in [0.3, 0.4) is 0 Å². The SMILES string of the molecule is c1ccc(-c2nc(SCCSc3nc(-c4ccccc4)c(-c4ccccc4)[nH]3)[nH]c2-c2ccccc2)cc1. The van der Waals surface area contributed by atoms with Crippen LogP contribution >= 0.6 is 23.5 Å². The van der Waals surface area contributed by atoms with Crippen LogP contribution < -0.4 is 0 Å². The molecule has 2 N–H and O–H groups in total. The monoisotopic (exact) mass is 530 g/mol. The summed E-state index contributed by atoms with van der Waals surface area (Å²) in [5.74, 6) is 1.81. The Hall–Kier alpha value is -4.00. The Bertz CT molecular complexity index is 1360. The molecule has 0 aliphatic heterocycles. The molecule has 0 radical (unpaired) electrons. The molecule has 0 saturated carbocycles. The van der Waals surface area contributed by atoms with Gasteiger partial charge in [-0.25, -0.2) is 9.97 Å². The van der Waals surface area contributed by atoms with Crippen LogP contribution in [-0.2, 0) is 0 Å². The predicted octanol–water partition coefficient (Wildman–Crippen LogP) is 8.69. The summed E-state index contributed by atoms with van der Waals surface area (Å²) in [6.07, 6.45) is 0. The van der Waals surface area contributed by atoms with Gasteiger partial charge in [0.25, 0.3) is 0 Å². The van der Waals surface area contributed by atoms with Crippen molar-refractivity contribution in [3.05, 3.63) is 121 Å². The zero-order valence-electron chi connectivity index (χ0n) is 20.7. The maximum Gasteiger partial charge on any atom is 0.166 e. The fourth-order valence-corrected chi connectivity index (χ4v) is 6.07. The number of nitrogens with zero attached hydrogens (tertiary/aromatic N) is 2. The normalized spacial score (nSPS) is 11.1. The average Bonchev–Trinajstić information content (AvgIpc) is 3.62. The predicted molar refractivity (Wildman–Crippen MR) is 160 cm³/mol. The number of aromatic amines is 2. The van der Waals surface area contributed by atoms with Gasteiger partial charge in [-0.2, -0.15) is 0 Å². The zero-order chi connectivity index (χ0) is 25.6. The zero-order valence-corrected chi connectivity index (χ0v) is 22.3. The van der Waals surface area contributed by atoms with E-state index < -0.39 is 0 Å². The minimum absolute atomic E-state index is 0.905. The number of imidazole rings is 2. The van der Waals surface area contributed by atoms with Crippen molar-refractivity contribution in [2.75, 3.05) is 11.5 Å². The van der Waals surface area contributed by atoms with E-state index in [1.807, 2.05) is 24.3 Å². The molecule has 0 aliphatic carbocycles. The van der Waals surface area contributed by atoms with Crippen LogP contribution in [0.15, 0.2) is 132 Å². The van der Waals surface area contributed by atoms with E-state index in [4.69, 9.17) is 9.97 Å². The summed E-state index contributed by atoms with van der Waals surface area (Å²) in [7, 11) is 0. The summed E-state index contributed by atoms with van der Waals surface area (Å²) in [5, 5.41) is 1.86. The molecule has 4 nitrogen and oxygen atoms in total. The lowest BCUT2D eigenvalue weighted by atomic mass is 10.1. The van der Waals surface area contributed by atoms with Gasteiger partial charge in [-0.15, -0.1) is 0 Å². The minimum Gasteiger partial charge on any atom is -0.332 e. The molecule has 0 unspecified atom stereocenters. The molecule has 0 aliphatic rings. The first-order valence-corrected chi connectivity index (χ1v) is 14.5. The lowest BCUT2D eigenvalue weighted by molar-refractivity contribution is 1.06. The van der Waals surface area contributed by atoms with Gasteiger partial charge in [-0.1, -0.05) is 145 Å². The van der Waals surface area contributed by atoms with Crippen LogP contribution in [0, 0.1) is 0 Å². The van der Waals surface area contributed by atoms with Crippen molar-refractivity contribution < 1.29 is 0 Å². The highest BCUT2D eigenvalue weighted by atomic mass is 32.2. The number of nitrogens with one attached hydrogen (secondary N) is 2. The van der Waals surface area contributed by atoms with Crippen molar-refractivity contribution in [3.8, 4) is 45.0 Å². The molecule has 0 atom stereocenters. The second kappa shape index (κ2) is 11.6. The third kappa shape index (κ3) is 5.47. The molecule has 0 amide bonds. The summed E-state index contributed by atoms with van der Waals surface area (Å²) in [5.41, 5.74) is 8.57. The first-order chi connectivity index (χ1) is 18.8. The van der Waals surface area contributed by atoms with E-state index in [1.165, 1.54) is 0 Å². The third-order valence-electron chi connectivity index (χ3n) is 6.14. The Labute approximate surface area is 231 Å². The maximum absolute atomic E-state index is 4.97. The van der Waals surface area contributed by atoms with Gasteiger partial charge in [0, 0.05) is 33.8 Å². The first-order valence-electron chi connectivity index (χ1n) is 12.5. The van der Waals surface area contributed by atoms with Crippen LogP contribution in [-0.4, -0.2) is 31.4 Å². The molecule has 6 rings (SSSR count). The fraction of sp³-hybridized carbons (Fsp3) is 0.0625. The standard InChI is InChI=1S/C32H26N4S2/c1-5-13-23(14-6-1)27-28(24-15-7-2-8-16-24)34-31(33-27)37-21-22-38-32-35-29(25-17-9-3-10-18-25)30(36-32)26-19-11-4-12-20-26/h1-20H,21-22H2,(H,33,34)(H,35,36). The van der Waals surface area contributed by atoms with Crippen molar-refractivity contribution in [1.29, 1.82) is 0 Å². The summed E-state index contributed by atoms with van der Waals surface area (Å²) in [6, 6.07) is 41.5. The second-order valence-electron chi connectivity index (χ2n) is 8.69. The third-order valence-corrected chi connectivity index (χ3v) is 8.15. The number of benzene rings is 4. The second-order valence-corrected chi connectivity index (χ2v) is 10.9. The quantitative estimate of drug-likeness (QED) is 0.145. The maximum atomic E-state index is 4.97. The Kier molecular flexibility index (Phi) is 7.42. The Morgan fingerprint density at radius 2 is 0.737 bits per heavy atom. The van der Waals surface area contributed by atoms with Crippen LogP contribution in [0.1, 0.15) is 0 Å². The number of thioether (sulfide) groups is 2. The number of H-pyrrole nitrogens is 2. The Morgan fingerprint density at radius 1 is 0.421 bits per heavy atom. The van der Waals surface area contributed by atoms with Crippen LogP contribution in [0.5, 0.6) is 0 Å².